The third-order valence-corrected chi connectivity index (χ3v) is 3.27. The van der Waals surface area contributed by atoms with Gasteiger partial charge in [-0.1, -0.05) is 32.6 Å². The van der Waals surface area contributed by atoms with Gasteiger partial charge in [-0.25, -0.2) is 0 Å². The molecule has 0 heterocycles. The average Bonchev–Trinajstić information content (AvgIpc) is 2.39. The van der Waals surface area contributed by atoms with Crippen LogP contribution in [-0.4, -0.2) is 18.5 Å². The monoisotopic (exact) mass is 252 g/mol. The Morgan fingerprint density at radius 3 is 2.39 bits per heavy atom. The second-order valence-corrected chi connectivity index (χ2v) is 4.56. The summed E-state index contributed by atoms with van der Waals surface area (Å²) in [4.78, 5) is 23.6. The molecule has 18 heavy (non-hydrogen) atoms. The normalized spacial score (nSPS) is 22.9. The van der Waals surface area contributed by atoms with E-state index < -0.39 is 17.8 Å². The SMILES string of the molecule is C#COC(=O)C1CCCCC1C(=O)OCCCC. The quantitative estimate of drug-likeness (QED) is 0.428. The van der Waals surface area contributed by atoms with Gasteiger partial charge in [0.05, 0.1) is 18.4 Å². The summed E-state index contributed by atoms with van der Waals surface area (Å²) in [5.74, 6) is -1.60. The van der Waals surface area contributed by atoms with E-state index in [0.29, 0.717) is 19.4 Å². The first-order valence-corrected chi connectivity index (χ1v) is 6.53. The molecule has 0 radical (unpaired) electrons. The van der Waals surface area contributed by atoms with Crippen LogP contribution >= 0.6 is 0 Å². The van der Waals surface area contributed by atoms with Gasteiger partial charge >= 0.3 is 11.9 Å². The lowest BCUT2D eigenvalue weighted by molar-refractivity contribution is -0.159. The van der Waals surface area contributed by atoms with E-state index in [-0.39, 0.29) is 5.97 Å². The van der Waals surface area contributed by atoms with E-state index in [4.69, 9.17) is 11.2 Å². The molecule has 0 saturated heterocycles. The van der Waals surface area contributed by atoms with Crippen molar-refractivity contribution in [1.82, 2.24) is 0 Å². The van der Waals surface area contributed by atoms with Gasteiger partial charge in [-0.15, -0.1) is 0 Å². The molecule has 1 fully saturated rings. The number of ether oxygens (including phenoxy) is 2. The maximum atomic E-state index is 11.9. The highest BCUT2D eigenvalue weighted by atomic mass is 16.5. The van der Waals surface area contributed by atoms with Gasteiger partial charge in [-0.05, 0) is 19.3 Å². The van der Waals surface area contributed by atoms with Crippen LogP contribution in [0.15, 0.2) is 0 Å². The molecule has 0 aromatic rings. The lowest BCUT2D eigenvalue weighted by Gasteiger charge is -2.27. The zero-order valence-electron chi connectivity index (χ0n) is 10.8. The fourth-order valence-corrected chi connectivity index (χ4v) is 2.25. The number of carbonyl (C=O) groups is 2. The summed E-state index contributed by atoms with van der Waals surface area (Å²) in [6.07, 6.45) is 11.8. The lowest BCUT2D eigenvalue weighted by atomic mass is 9.79. The molecule has 1 rings (SSSR count). The van der Waals surface area contributed by atoms with Gasteiger partial charge < -0.3 is 9.47 Å². The second kappa shape index (κ2) is 7.75. The highest BCUT2D eigenvalue weighted by molar-refractivity contribution is 5.82. The Bertz CT molecular complexity index is 329. The molecule has 0 aromatic heterocycles. The van der Waals surface area contributed by atoms with Crippen molar-refractivity contribution in [2.45, 2.75) is 45.4 Å². The molecule has 4 nitrogen and oxygen atoms in total. The summed E-state index contributed by atoms with van der Waals surface area (Å²) >= 11 is 0. The molecule has 0 spiro atoms. The van der Waals surface area contributed by atoms with E-state index in [1.807, 2.05) is 13.0 Å². The fraction of sp³-hybridized carbons (Fsp3) is 0.714. The third kappa shape index (κ3) is 4.06. The fourth-order valence-electron chi connectivity index (χ4n) is 2.25. The molecule has 1 saturated carbocycles. The Hall–Kier alpha value is -1.50. The van der Waals surface area contributed by atoms with Crippen molar-refractivity contribution in [1.29, 1.82) is 0 Å². The predicted molar refractivity (Wildman–Crippen MR) is 66.2 cm³/mol. The van der Waals surface area contributed by atoms with Crippen molar-refractivity contribution in [2.24, 2.45) is 11.8 Å². The molecular weight excluding hydrogens is 232 g/mol. The van der Waals surface area contributed by atoms with Gasteiger partial charge in [0.15, 0.2) is 0 Å². The van der Waals surface area contributed by atoms with Crippen LogP contribution in [0.4, 0.5) is 0 Å². The molecule has 0 bridgehead atoms. The number of carbonyl (C=O) groups excluding carboxylic acids is 2. The van der Waals surface area contributed by atoms with Crippen LogP contribution in [0.1, 0.15) is 45.4 Å². The summed E-state index contributed by atoms with van der Waals surface area (Å²) in [5.41, 5.74) is 0. The van der Waals surface area contributed by atoms with Gasteiger partial charge in [-0.3, -0.25) is 9.59 Å². The third-order valence-electron chi connectivity index (χ3n) is 3.27. The molecule has 4 heteroatoms. The Morgan fingerprint density at radius 1 is 1.22 bits per heavy atom. The maximum absolute atomic E-state index is 11.9. The van der Waals surface area contributed by atoms with Gasteiger partial charge in [0.25, 0.3) is 0 Å². The molecule has 0 N–H and O–H groups in total. The maximum Gasteiger partial charge on any atom is 0.323 e. The number of esters is 2. The first-order chi connectivity index (χ1) is 8.70. The van der Waals surface area contributed by atoms with E-state index in [1.165, 1.54) is 0 Å². The van der Waals surface area contributed by atoms with E-state index in [2.05, 4.69) is 4.74 Å². The zero-order valence-corrected chi connectivity index (χ0v) is 10.8. The molecule has 1 aliphatic carbocycles. The minimum Gasteiger partial charge on any atom is -0.465 e. The first-order valence-electron chi connectivity index (χ1n) is 6.53. The Labute approximate surface area is 108 Å². The molecule has 1 aliphatic rings. The van der Waals surface area contributed by atoms with Gasteiger partial charge in [0, 0.05) is 0 Å². The minimum absolute atomic E-state index is 0.290. The van der Waals surface area contributed by atoms with Crippen molar-refractivity contribution in [3.05, 3.63) is 0 Å². The van der Waals surface area contributed by atoms with Crippen molar-refractivity contribution >= 4 is 11.9 Å². The van der Waals surface area contributed by atoms with Crippen LogP contribution < -0.4 is 0 Å². The summed E-state index contributed by atoms with van der Waals surface area (Å²) in [5, 5.41) is 0. The molecule has 0 aliphatic heterocycles. The molecular formula is C14H20O4. The predicted octanol–water partition coefficient (Wildman–Crippen LogP) is 2.27. The van der Waals surface area contributed by atoms with Crippen LogP contribution in [0, 0.1) is 24.4 Å². The van der Waals surface area contributed by atoms with Crippen molar-refractivity contribution in [3.63, 3.8) is 0 Å². The summed E-state index contributed by atoms with van der Waals surface area (Å²) in [7, 11) is 0. The Balaban J connectivity index is 2.56. The van der Waals surface area contributed by atoms with Crippen LogP contribution in [-0.2, 0) is 19.1 Å². The van der Waals surface area contributed by atoms with Crippen molar-refractivity contribution < 1.29 is 19.1 Å². The standard InChI is InChI=1S/C14H20O4/c1-3-5-10-18-14(16)12-9-7-6-8-11(12)13(15)17-4-2/h2,11-12H,3,5-10H2,1H3. The molecule has 2 atom stereocenters. The average molecular weight is 252 g/mol. The largest absolute Gasteiger partial charge is 0.465 e. The van der Waals surface area contributed by atoms with E-state index in [9.17, 15) is 9.59 Å². The molecule has 2 unspecified atom stereocenters. The number of unbranched alkanes of at least 4 members (excludes halogenated alkanes) is 1. The number of terminal acetylenes is 1. The van der Waals surface area contributed by atoms with Gasteiger partial charge in [-0.2, -0.15) is 0 Å². The lowest BCUT2D eigenvalue weighted by Crippen LogP contribution is -2.34. The second-order valence-electron chi connectivity index (χ2n) is 4.56. The summed E-state index contributed by atoms with van der Waals surface area (Å²) in [6, 6.07) is 0. The van der Waals surface area contributed by atoms with Gasteiger partial charge in [0.1, 0.15) is 6.11 Å². The molecule has 0 amide bonds. The molecule has 100 valence electrons. The minimum atomic E-state index is -0.477. The summed E-state index contributed by atoms with van der Waals surface area (Å²) < 4.78 is 9.75. The van der Waals surface area contributed by atoms with E-state index >= 15 is 0 Å². The summed E-state index contributed by atoms with van der Waals surface area (Å²) in [6.45, 7) is 2.45. The van der Waals surface area contributed by atoms with Gasteiger partial charge in [0.2, 0.25) is 0 Å². The Kier molecular flexibility index (Phi) is 6.27. The van der Waals surface area contributed by atoms with Crippen LogP contribution in [0.2, 0.25) is 0 Å². The van der Waals surface area contributed by atoms with E-state index in [1.54, 1.807) is 0 Å². The smallest absolute Gasteiger partial charge is 0.323 e. The zero-order chi connectivity index (χ0) is 13.4. The van der Waals surface area contributed by atoms with Crippen LogP contribution in [0.3, 0.4) is 0 Å². The Morgan fingerprint density at radius 2 is 1.83 bits per heavy atom. The number of rotatable bonds is 5. The van der Waals surface area contributed by atoms with Crippen LogP contribution in [0.5, 0.6) is 0 Å². The van der Waals surface area contributed by atoms with Crippen LogP contribution in [0.25, 0.3) is 0 Å². The molecule has 0 aromatic carbocycles. The van der Waals surface area contributed by atoms with Crippen molar-refractivity contribution in [2.75, 3.05) is 6.61 Å². The van der Waals surface area contributed by atoms with Crippen molar-refractivity contribution in [3.8, 4) is 12.5 Å². The highest BCUT2D eigenvalue weighted by Gasteiger charge is 2.37. The highest BCUT2D eigenvalue weighted by Crippen LogP contribution is 2.32. The number of hydrogen-bond acceptors (Lipinski definition) is 4. The first kappa shape index (κ1) is 14.6. The number of hydrogen-bond donors (Lipinski definition) is 0. The van der Waals surface area contributed by atoms with E-state index in [0.717, 1.165) is 25.7 Å². The topological polar surface area (TPSA) is 52.6 Å².